The van der Waals surface area contributed by atoms with Gasteiger partial charge in [-0.25, -0.2) is 8.42 Å². The lowest BCUT2D eigenvalue weighted by Crippen LogP contribution is -2.09. The Bertz CT molecular complexity index is 615. The molecule has 0 aromatic carbocycles. The van der Waals surface area contributed by atoms with E-state index >= 15 is 0 Å². The largest absolute Gasteiger partial charge is 0.274 e. The number of rotatable bonds is 10. The lowest BCUT2D eigenvalue weighted by atomic mass is 10.0. The molecule has 0 saturated heterocycles. The minimum atomic E-state index is -3.12. The third kappa shape index (κ3) is 9.58. The van der Waals surface area contributed by atoms with Gasteiger partial charge in [0.05, 0.1) is 5.75 Å². The molecule has 24 heavy (non-hydrogen) atoms. The van der Waals surface area contributed by atoms with E-state index in [4.69, 9.17) is 0 Å². The SMILES string of the molecule is C=C(/C(Br)=N\C(C)CCC)/C(C)=C(\C=C/C(C)CC)CS(C)(=O)=O. The molecule has 0 saturated carbocycles. The van der Waals surface area contributed by atoms with E-state index in [2.05, 4.69) is 61.3 Å². The molecular weight excluding hydrogens is 386 g/mol. The molecule has 0 amide bonds. The van der Waals surface area contributed by atoms with Crippen molar-refractivity contribution in [2.24, 2.45) is 10.9 Å². The molecule has 0 aliphatic rings. The molecule has 0 aliphatic carbocycles. The molecule has 0 radical (unpaired) electrons. The highest BCUT2D eigenvalue weighted by Crippen LogP contribution is 2.21. The first-order chi connectivity index (χ1) is 11.0. The van der Waals surface area contributed by atoms with Crippen LogP contribution in [0.5, 0.6) is 0 Å². The van der Waals surface area contributed by atoms with Crippen molar-refractivity contribution in [3.8, 4) is 0 Å². The molecule has 0 aliphatic heterocycles. The normalized spacial score (nSPS) is 16.9. The Kier molecular flexibility index (Phi) is 10.7. The van der Waals surface area contributed by atoms with E-state index in [1.54, 1.807) is 0 Å². The Hall–Kier alpha value is -0.680. The van der Waals surface area contributed by atoms with Crippen LogP contribution in [-0.4, -0.2) is 31.1 Å². The first kappa shape index (κ1) is 23.3. The van der Waals surface area contributed by atoms with Crippen molar-refractivity contribution in [2.45, 2.75) is 59.9 Å². The molecule has 0 spiro atoms. The molecule has 0 heterocycles. The van der Waals surface area contributed by atoms with Gasteiger partial charge in [-0.1, -0.05) is 52.3 Å². The monoisotopic (exact) mass is 417 g/mol. The summed E-state index contributed by atoms with van der Waals surface area (Å²) >= 11 is 3.50. The number of allylic oxidation sites excluding steroid dienone is 4. The maximum absolute atomic E-state index is 11.8. The zero-order chi connectivity index (χ0) is 18.9. The van der Waals surface area contributed by atoms with Crippen LogP contribution in [0.2, 0.25) is 0 Å². The molecule has 0 N–H and O–H groups in total. The highest BCUT2D eigenvalue weighted by molar-refractivity contribution is 9.18. The standard InChI is InChI=1S/C19H32BrNO2S/c1-8-10-15(4)21-19(20)17(6)16(5)18(13-24(7,22)23)12-11-14(3)9-2/h11-12,14-15H,6,8-10,13H2,1-5,7H3/b12-11-,18-16+,21-19+. The van der Waals surface area contributed by atoms with Crippen molar-refractivity contribution < 1.29 is 8.42 Å². The Balaban J connectivity index is 5.66. The van der Waals surface area contributed by atoms with Gasteiger partial charge in [-0.05, 0) is 53.3 Å². The lowest BCUT2D eigenvalue weighted by Gasteiger charge is -2.13. The summed E-state index contributed by atoms with van der Waals surface area (Å²) in [7, 11) is -3.12. The minimum Gasteiger partial charge on any atom is -0.274 e. The highest BCUT2D eigenvalue weighted by Gasteiger charge is 2.13. The number of nitrogens with zero attached hydrogens (tertiary/aromatic N) is 1. The van der Waals surface area contributed by atoms with Crippen LogP contribution < -0.4 is 0 Å². The van der Waals surface area contributed by atoms with Gasteiger partial charge in [-0.3, -0.25) is 4.99 Å². The van der Waals surface area contributed by atoms with E-state index in [1.807, 2.05) is 13.0 Å². The molecule has 138 valence electrons. The second-order valence-corrected chi connectivity index (χ2v) is 9.39. The fraction of sp³-hybridized carbons (Fsp3) is 0.632. The van der Waals surface area contributed by atoms with Crippen LogP contribution >= 0.6 is 15.9 Å². The van der Waals surface area contributed by atoms with E-state index in [0.29, 0.717) is 10.5 Å². The van der Waals surface area contributed by atoms with Crippen molar-refractivity contribution in [1.29, 1.82) is 0 Å². The van der Waals surface area contributed by atoms with Crippen molar-refractivity contribution in [3.05, 3.63) is 35.5 Å². The van der Waals surface area contributed by atoms with E-state index in [9.17, 15) is 8.42 Å². The average molecular weight is 418 g/mol. The molecule has 0 bridgehead atoms. The maximum atomic E-state index is 11.8. The maximum Gasteiger partial charge on any atom is 0.151 e. The summed E-state index contributed by atoms with van der Waals surface area (Å²) in [6.07, 6.45) is 8.33. The van der Waals surface area contributed by atoms with Gasteiger partial charge >= 0.3 is 0 Å². The quantitative estimate of drug-likeness (QED) is 0.348. The van der Waals surface area contributed by atoms with Crippen LogP contribution in [0.4, 0.5) is 0 Å². The molecule has 0 rings (SSSR count). The van der Waals surface area contributed by atoms with E-state index < -0.39 is 9.84 Å². The van der Waals surface area contributed by atoms with Crippen molar-refractivity contribution in [2.75, 3.05) is 12.0 Å². The zero-order valence-electron chi connectivity index (χ0n) is 15.9. The number of aliphatic imine (C=N–C) groups is 1. The number of hydrogen-bond acceptors (Lipinski definition) is 3. The van der Waals surface area contributed by atoms with Crippen molar-refractivity contribution in [3.63, 3.8) is 0 Å². The summed E-state index contributed by atoms with van der Waals surface area (Å²) in [5, 5.41) is 0. The molecule has 2 unspecified atom stereocenters. The molecule has 2 atom stereocenters. The third-order valence-corrected chi connectivity index (χ3v) is 5.43. The summed E-state index contributed by atoms with van der Waals surface area (Å²) in [4.78, 5) is 4.60. The van der Waals surface area contributed by atoms with Crippen LogP contribution in [0.1, 0.15) is 53.9 Å². The summed E-state index contributed by atoms with van der Waals surface area (Å²) in [6, 6.07) is 0.211. The van der Waals surface area contributed by atoms with Crippen LogP contribution in [0, 0.1) is 5.92 Å². The predicted octanol–water partition coefficient (Wildman–Crippen LogP) is 5.49. The number of sulfone groups is 1. The summed E-state index contributed by atoms with van der Waals surface area (Å²) in [5.41, 5.74) is 2.38. The Morgan fingerprint density at radius 1 is 1.29 bits per heavy atom. The van der Waals surface area contributed by atoms with Gasteiger partial charge in [0.25, 0.3) is 0 Å². The third-order valence-electron chi connectivity index (χ3n) is 3.91. The van der Waals surface area contributed by atoms with Gasteiger partial charge < -0.3 is 0 Å². The van der Waals surface area contributed by atoms with Crippen LogP contribution in [-0.2, 0) is 9.84 Å². The molecule has 0 aromatic rings. The smallest absolute Gasteiger partial charge is 0.151 e. The van der Waals surface area contributed by atoms with Crippen LogP contribution in [0.15, 0.2) is 40.4 Å². The second-order valence-electron chi connectivity index (χ2n) is 6.50. The fourth-order valence-electron chi connectivity index (χ4n) is 2.08. The van der Waals surface area contributed by atoms with Crippen LogP contribution in [0.25, 0.3) is 0 Å². The van der Waals surface area contributed by atoms with E-state index in [-0.39, 0.29) is 11.8 Å². The van der Waals surface area contributed by atoms with E-state index in [0.717, 1.165) is 36.0 Å². The van der Waals surface area contributed by atoms with Crippen LogP contribution in [0.3, 0.4) is 0 Å². The Morgan fingerprint density at radius 3 is 2.33 bits per heavy atom. The summed E-state index contributed by atoms with van der Waals surface area (Å²) in [6.45, 7) is 14.4. The fourth-order valence-corrected chi connectivity index (χ4v) is 3.61. The van der Waals surface area contributed by atoms with Gasteiger partial charge in [0.1, 0.15) is 4.62 Å². The Labute approximate surface area is 157 Å². The molecule has 0 aromatic heterocycles. The first-order valence-corrected chi connectivity index (χ1v) is 11.4. The second kappa shape index (κ2) is 11.0. The van der Waals surface area contributed by atoms with Gasteiger partial charge in [-0.2, -0.15) is 0 Å². The molecule has 0 fully saturated rings. The highest BCUT2D eigenvalue weighted by atomic mass is 79.9. The predicted molar refractivity (Wildman–Crippen MR) is 111 cm³/mol. The number of halogens is 1. The topological polar surface area (TPSA) is 46.5 Å². The zero-order valence-corrected chi connectivity index (χ0v) is 18.3. The van der Waals surface area contributed by atoms with E-state index in [1.165, 1.54) is 6.26 Å². The lowest BCUT2D eigenvalue weighted by molar-refractivity contribution is 0.604. The average Bonchev–Trinajstić information content (AvgIpc) is 2.48. The molecular formula is C19H32BrNO2S. The molecule has 5 heteroatoms. The number of hydrogen-bond donors (Lipinski definition) is 0. The summed E-state index contributed by atoms with van der Waals surface area (Å²) < 4.78 is 24.3. The van der Waals surface area contributed by atoms with Gasteiger partial charge in [0.2, 0.25) is 0 Å². The van der Waals surface area contributed by atoms with Gasteiger partial charge in [-0.15, -0.1) is 0 Å². The Morgan fingerprint density at radius 2 is 1.88 bits per heavy atom. The molecule has 3 nitrogen and oxygen atoms in total. The summed E-state index contributed by atoms with van der Waals surface area (Å²) in [5.74, 6) is 0.414. The first-order valence-electron chi connectivity index (χ1n) is 8.50. The minimum absolute atomic E-state index is 0.00951. The van der Waals surface area contributed by atoms with Gasteiger partial charge in [0, 0.05) is 17.9 Å². The van der Waals surface area contributed by atoms with Gasteiger partial charge in [0.15, 0.2) is 9.84 Å². The van der Waals surface area contributed by atoms with Crippen molar-refractivity contribution in [1.82, 2.24) is 0 Å². The van der Waals surface area contributed by atoms with Crippen molar-refractivity contribution >= 4 is 30.4 Å².